The molecule has 130 valence electrons. The smallest absolute Gasteiger partial charge is 0.344 e. The van der Waals surface area contributed by atoms with Crippen molar-refractivity contribution in [2.75, 3.05) is 13.2 Å². The van der Waals surface area contributed by atoms with E-state index in [0.717, 1.165) is 4.90 Å². The Morgan fingerprint density at radius 2 is 1.70 bits per heavy atom. The van der Waals surface area contributed by atoms with Gasteiger partial charge in [-0.15, -0.1) is 0 Å². The molecule has 1 rings (SSSR count). The van der Waals surface area contributed by atoms with Gasteiger partial charge in [-0.2, -0.15) is 0 Å². The average molecular weight is 328 g/mol. The second kappa shape index (κ2) is 6.97. The topological polar surface area (TPSA) is 102 Å². The molecular weight excluding hydrogens is 304 g/mol. The molecule has 0 saturated carbocycles. The van der Waals surface area contributed by atoms with Crippen molar-refractivity contribution < 1.29 is 28.7 Å². The number of ether oxygens (including phenoxy) is 2. The summed E-state index contributed by atoms with van der Waals surface area (Å²) in [4.78, 5) is 48.2. The van der Waals surface area contributed by atoms with Crippen LogP contribution < -0.4 is 5.32 Å². The van der Waals surface area contributed by atoms with E-state index in [2.05, 4.69) is 5.32 Å². The summed E-state index contributed by atoms with van der Waals surface area (Å²) in [7, 11) is 0. The van der Waals surface area contributed by atoms with Crippen molar-refractivity contribution >= 4 is 23.9 Å². The van der Waals surface area contributed by atoms with Crippen LogP contribution in [0.25, 0.3) is 0 Å². The molecule has 0 aliphatic carbocycles. The Bertz CT molecular complexity index is 505. The summed E-state index contributed by atoms with van der Waals surface area (Å²) in [5, 5.41) is 2.61. The lowest BCUT2D eigenvalue weighted by molar-refractivity contribution is -0.166. The van der Waals surface area contributed by atoms with Crippen molar-refractivity contribution in [3.63, 3.8) is 0 Å². The fourth-order valence-electron chi connectivity index (χ4n) is 2.23. The Labute approximate surface area is 135 Å². The van der Waals surface area contributed by atoms with Gasteiger partial charge in [0.05, 0.1) is 0 Å². The molecule has 0 aromatic rings. The molecule has 8 nitrogen and oxygen atoms in total. The number of carbonyl (C=O) groups excluding carboxylic acids is 4. The van der Waals surface area contributed by atoms with E-state index < -0.39 is 48.2 Å². The fourth-order valence-corrected chi connectivity index (χ4v) is 2.23. The van der Waals surface area contributed by atoms with Gasteiger partial charge in [0.1, 0.15) is 17.7 Å². The number of esters is 2. The second-order valence-corrected chi connectivity index (χ2v) is 6.36. The van der Waals surface area contributed by atoms with Crippen molar-refractivity contribution in [2.24, 2.45) is 0 Å². The molecule has 1 aliphatic rings. The third-order valence-corrected chi connectivity index (χ3v) is 3.51. The summed E-state index contributed by atoms with van der Waals surface area (Å²) in [5.41, 5.74) is -1.65. The Morgan fingerprint density at radius 3 is 2.13 bits per heavy atom. The zero-order valence-electron chi connectivity index (χ0n) is 14.2. The highest BCUT2D eigenvalue weighted by molar-refractivity contribution is 6.08. The van der Waals surface area contributed by atoms with Crippen LogP contribution in [0.2, 0.25) is 0 Å². The van der Waals surface area contributed by atoms with Crippen LogP contribution in [0, 0.1) is 0 Å². The number of urea groups is 1. The van der Waals surface area contributed by atoms with Crippen molar-refractivity contribution in [1.29, 1.82) is 0 Å². The molecule has 0 radical (unpaired) electrons. The van der Waals surface area contributed by atoms with Gasteiger partial charge in [-0.25, -0.2) is 9.59 Å². The molecule has 1 aliphatic heterocycles. The zero-order valence-corrected chi connectivity index (χ0v) is 14.2. The molecule has 0 aromatic carbocycles. The summed E-state index contributed by atoms with van der Waals surface area (Å²) in [5.74, 6) is -2.00. The van der Waals surface area contributed by atoms with Gasteiger partial charge in [-0.05, 0) is 33.6 Å². The molecule has 0 spiro atoms. The largest absolute Gasteiger partial charge is 0.457 e. The van der Waals surface area contributed by atoms with Crippen molar-refractivity contribution in [3.05, 3.63) is 0 Å². The van der Waals surface area contributed by atoms with E-state index >= 15 is 0 Å². The number of imide groups is 1. The maximum atomic E-state index is 12.3. The summed E-state index contributed by atoms with van der Waals surface area (Å²) in [6.45, 7) is 7.54. The second-order valence-electron chi connectivity index (χ2n) is 6.36. The summed E-state index contributed by atoms with van der Waals surface area (Å²) >= 11 is 0. The van der Waals surface area contributed by atoms with Crippen molar-refractivity contribution in [2.45, 2.75) is 58.6 Å². The maximum absolute atomic E-state index is 12.3. The van der Waals surface area contributed by atoms with Gasteiger partial charge in [0.15, 0.2) is 6.61 Å². The Balaban J connectivity index is 2.56. The van der Waals surface area contributed by atoms with E-state index in [9.17, 15) is 19.2 Å². The number of amides is 3. The first kappa shape index (κ1) is 18.9. The van der Waals surface area contributed by atoms with Gasteiger partial charge < -0.3 is 14.8 Å². The van der Waals surface area contributed by atoms with E-state index in [1.165, 1.54) is 0 Å². The maximum Gasteiger partial charge on any atom is 0.344 e. The molecular formula is C15H24N2O6. The summed E-state index contributed by atoms with van der Waals surface area (Å²) in [6.07, 6.45) is 0.856. The van der Waals surface area contributed by atoms with Crippen LogP contribution in [0.5, 0.6) is 0 Å². The predicted octanol–water partition coefficient (Wildman–Crippen LogP) is 0.982. The van der Waals surface area contributed by atoms with Gasteiger partial charge in [-0.3, -0.25) is 14.5 Å². The molecule has 0 unspecified atom stereocenters. The Hall–Kier alpha value is -2.12. The van der Waals surface area contributed by atoms with Crippen LogP contribution in [-0.4, -0.2) is 53.1 Å². The lowest BCUT2D eigenvalue weighted by Crippen LogP contribution is -2.46. The number of nitrogens with zero attached hydrogens (tertiary/aromatic N) is 1. The molecule has 8 heteroatoms. The minimum Gasteiger partial charge on any atom is -0.457 e. The molecule has 1 saturated heterocycles. The fraction of sp³-hybridized carbons (Fsp3) is 0.733. The molecule has 0 bridgehead atoms. The van der Waals surface area contributed by atoms with Gasteiger partial charge >= 0.3 is 18.0 Å². The third kappa shape index (κ3) is 4.67. The van der Waals surface area contributed by atoms with Crippen LogP contribution in [0.15, 0.2) is 0 Å². The first-order valence-corrected chi connectivity index (χ1v) is 7.56. The first-order valence-electron chi connectivity index (χ1n) is 7.56. The van der Waals surface area contributed by atoms with Gasteiger partial charge in [0.25, 0.3) is 5.91 Å². The lowest BCUT2D eigenvalue weighted by Gasteiger charge is -2.23. The standard InChI is InChI=1S/C15H24N2O6/c1-6-15(7-2)12(20)17(13(21)16-15)8-10(18)22-9-11(19)23-14(3,4)5/h6-9H2,1-5H3,(H,16,21). The van der Waals surface area contributed by atoms with Gasteiger partial charge in [-0.1, -0.05) is 13.8 Å². The van der Waals surface area contributed by atoms with Crippen LogP contribution in [0.4, 0.5) is 4.79 Å². The highest BCUT2D eigenvalue weighted by atomic mass is 16.6. The van der Waals surface area contributed by atoms with Crippen molar-refractivity contribution in [1.82, 2.24) is 10.2 Å². The van der Waals surface area contributed by atoms with Crippen LogP contribution in [-0.2, 0) is 23.9 Å². The monoisotopic (exact) mass is 328 g/mol. The molecule has 1 fully saturated rings. The van der Waals surface area contributed by atoms with Gasteiger partial charge in [0.2, 0.25) is 0 Å². The Kier molecular flexibility index (Phi) is 5.74. The van der Waals surface area contributed by atoms with E-state index in [1.54, 1.807) is 34.6 Å². The summed E-state index contributed by atoms with van der Waals surface area (Å²) in [6, 6.07) is -0.632. The zero-order chi connectivity index (χ0) is 17.8. The van der Waals surface area contributed by atoms with Crippen LogP contribution in [0.1, 0.15) is 47.5 Å². The molecule has 0 atom stereocenters. The van der Waals surface area contributed by atoms with E-state index in [0.29, 0.717) is 12.8 Å². The minimum atomic E-state index is -0.970. The SMILES string of the molecule is CCC1(CC)NC(=O)N(CC(=O)OCC(=O)OC(C)(C)C)C1=O. The summed E-state index contributed by atoms with van der Waals surface area (Å²) < 4.78 is 9.75. The molecule has 23 heavy (non-hydrogen) atoms. The molecule has 3 amide bonds. The normalized spacial score (nSPS) is 17.0. The lowest BCUT2D eigenvalue weighted by atomic mass is 9.93. The third-order valence-electron chi connectivity index (χ3n) is 3.51. The van der Waals surface area contributed by atoms with Crippen molar-refractivity contribution in [3.8, 4) is 0 Å². The van der Waals surface area contributed by atoms with E-state index in [-0.39, 0.29) is 0 Å². The highest BCUT2D eigenvalue weighted by Gasteiger charge is 2.49. The average Bonchev–Trinajstić information content (AvgIpc) is 2.68. The first-order chi connectivity index (χ1) is 10.5. The number of carbonyl (C=O) groups is 4. The molecule has 1 heterocycles. The number of hydrogen-bond acceptors (Lipinski definition) is 6. The highest BCUT2D eigenvalue weighted by Crippen LogP contribution is 2.24. The molecule has 0 aromatic heterocycles. The van der Waals surface area contributed by atoms with E-state index in [1.807, 2.05) is 0 Å². The predicted molar refractivity (Wildman–Crippen MR) is 80.4 cm³/mol. The minimum absolute atomic E-state index is 0.428. The van der Waals surface area contributed by atoms with Crippen LogP contribution in [0.3, 0.4) is 0 Å². The van der Waals surface area contributed by atoms with E-state index in [4.69, 9.17) is 9.47 Å². The number of hydrogen-bond donors (Lipinski definition) is 1. The number of rotatable bonds is 6. The quantitative estimate of drug-likeness (QED) is 0.576. The Morgan fingerprint density at radius 1 is 1.13 bits per heavy atom. The number of nitrogens with one attached hydrogen (secondary N) is 1. The van der Waals surface area contributed by atoms with Crippen LogP contribution >= 0.6 is 0 Å². The molecule has 1 N–H and O–H groups in total. The van der Waals surface area contributed by atoms with Gasteiger partial charge in [0, 0.05) is 0 Å².